The number of benzene rings is 2. The molecule has 1 heterocycles. The normalized spacial score (nSPS) is 12.2. The number of H-pyrrole nitrogens is 1. The molecule has 1 amide bonds. The van der Waals surface area contributed by atoms with E-state index in [4.69, 9.17) is 4.74 Å². The van der Waals surface area contributed by atoms with Crippen LogP contribution in [-0.4, -0.2) is 41.8 Å². The van der Waals surface area contributed by atoms with Crippen LogP contribution in [0.3, 0.4) is 0 Å². The van der Waals surface area contributed by atoms with Gasteiger partial charge in [0.15, 0.2) is 0 Å². The maximum absolute atomic E-state index is 12.3. The highest BCUT2D eigenvalue weighted by Gasteiger charge is 2.23. The minimum atomic E-state index is -0.0235. The Morgan fingerprint density at radius 2 is 2.03 bits per heavy atom. The topological polar surface area (TPSA) is 67.0 Å². The van der Waals surface area contributed by atoms with Gasteiger partial charge < -0.3 is 10.1 Å². The van der Waals surface area contributed by atoms with Crippen LogP contribution in [0, 0.1) is 0 Å². The molecule has 0 aliphatic heterocycles. The first kappa shape index (κ1) is 19.6. The van der Waals surface area contributed by atoms with Gasteiger partial charge in [-0.3, -0.25) is 9.89 Å². The summed E-state index contributed by atoms with van der Waals surface area (Å²) in [5, 5.41) is 10.8. The monoisotopic (exact) mass is 407 g/mol. The summed E-state index contributed by atoms with van der Waals surface area (Å²) in [6, 6.07) is 13.9. The molecule has 0 spiro atoms. The second kappa shape index (κ2) is 8.74. The molecule has 150 valence electrons. The van der Waals surface area contributed by atoms with Gasteiger partial charge in [0.2, 0.25) is 0 Å². The average molecular weight is 408 g/mol. The van der Waals surface area contributed by atoms with Gasteiger partial charge in [-0.1, -0.05) is 12.1 Å². The predicted molar refractivity (Wildman–Crippen MR) is 119 cm³/mol. The summed E-state index contributed by atoms with van der Waals surface area (Å²) in [4.78, 5) is 12.3. The molecule has 0 saturated heterocycles. The molecular weight excluding hydrogens is 382 g/mol. The first-order chi connectivity index (χ1) is 14.2. The van der Waals surface area contributed by atoms with E-state index in [-0.39, 0.29) is 5.91 Å². The van der Waals surface area contributed by atoms with E-state index < -0.39 is 0 Å². The maximum Gasteiger partial charge on any atom is 0.251 e. The second-order valence-corrected chi connectivity index (χ2v) is 8.11. The molecule has 0 fully saturated rings. The molecule has 4 rings (SSSR count). The number of hydrogen-bond acceptors (Lipinski definition) is 4. The Morgan fingerprint density at radius 1 is 1.21 bits per heavy atom. The lowest BCUT2D eigenvalue weighted by Crippen LogP contribution is -2.24. The summed E-state index contributed by atoms with van der Waals surface area (Å²) in [5.74, 6) is 1.91. The van der Waals surface area contributed by atoms with E-state index >= 15 is 0 Å². The quantitative estimate of drug-likeness (QED) is 0.572. The Balaban J connectivity index is 1.53. The molecule has 1 aliphatic carbocycles. The molecule has 3 aromatic rings. The standard InChI is InChI=1S/C23H25N3O2S/c1-28-18-9-11-19-17(14-18)8-10-20-21(25-26-22(19)20)15-4-6-16(7-5-15)23(27)24-12-3-13-29-2/h4-7,9,11,14H,3,8,10,12-13H2,1-2H3,(H,24,27)(H,25,26). The van der Waals surface area contributed by atoms with Gasteiger partial charge in [-0.05, 0) is 67.2 Å². The minimum Gasteiger partial charge on any atom is -0.497 e. The average Bonchev–Trinajstić information content (AvgIpc) is 3.20. The van der Waals surface area contributed by atoms with E-state index in [1.807, 2.05) is 30.3 Å². The molecule has 0 unspecified atom stereocenters. The SMILES string of the molecule is COc1ccc2c(c1)CCc1c(-c3ccc(C(=O)NCCCSC)cc3)n[nH]c1-2. The van der Waals surface area contributed by atoms with Crippen LogP contribution in [0.5, 0.6) is 5.75 Å². The van der Waals surface area contributed by atoms with Crippen LogP contribution in [0.2, 0.25) is 0 Å². The molecule has 29 heavy (non-hydrogen) atoms. The fraction of sp³-hybridized carbons (Fsp3) is 0.304. The number of amides is 1. The maximum atomic E-state index is 12.3. The van der Waals surface area contributed by atoms with Crippen molar-refractivity contribution in [1.82, 2.24) is 15.5 Å². The third kappa shape index (κ3) is 4.03. The van der Waals surface area contributed by atoms with Gasteiger partial charge in [-0.25, -0.2) is 0 Å². The van der Waals surface area contributed by atoms with Gasteiger partial charge in [-0.15, -0.1) is 0 Å². The highest BCUT2D eigenvalue weighted by molar-refractivity contribution is 7.98. The summed E-state index contributed by atoms with van der Waals surface area (Å²) < 4.78 is 5.35. The van der Waals surface area contributed by atoms with Gasteiger partial charge in [0.05, 0.1) is 18.5 Å². The van der Waals surface area contributed by atoms with Crippen molar-refractivity contribution in [3.63, 3.8) is 0 Å². The zero-order valence-corrected chi connectivity index (χ0v) is 17.6. The van der Waals surface area contributed by atoms with E-state index in [0.29, 0.717) is 12.1 Å². The van der Waals surface area contributed by atoms with Crippen molar-refractivity contribution in [3.8, 4) is 28.3 Å². The van der Waals surface area contributed by atoms with Crippen LogP contribution >= 0.6 is 11.8 Å². The lowest BCUT2D eigenvalue weighted by atomic mass is 9.87. The third-order valence-electron chi connectivity index (χ3n) is 5.32. The Hall–Kier alpha value is -2.73. The molecule has 5 nitrogen and oxygen atoms in total. The number of hydrogen-bond donors (Lipinski definition) is 2. The van der Waals surface area contributed by atoms with Crippen molar-refractivity contribution in [3.05, 3.63) is 59.2 Å². The summed E-state index contributed by atoms with van der Waals surface area (Å²) in [6.45, 7) is 0.707. The molecule has 0 saturated carbocycles. The number of thioether (sulfide) groups is 1. The van der Waals surface area contributed by atoms with Crippen molar-refractivity contribution >= 4 is 17.7 Å². The van der Waals surface area contributed by atoms with Gasteiger partial charge >= 0.3 is 0 Å². The van der Waals surface area contributed by atoms with Gasteiger partial charge in [0.25, 0.3) is 5.91 Å². The number of rotatable bonds is 7. The number of nitrogens with zero attached hydrogens (tertiary/aromatic N) is 1. The first-order valence-electron chi connectivity index (χ1n) is 9.83. The summed E-state index contributed by atoms with van der Waals surface area (Å²) in [7, 11) is 1.69. The number of methoxy groups -OCH3 is 1. The van der Waals surface area contributed by atoms with Crippen molar-refractivity contribution in [2.75, 3.05) is 25.7 Å². The summed E-state index contributed by atoms with van der Waals surface area (Å²) >= 11 is 1.79. The smallest absolute Gasteiger partial charge is 0.251 e. The van der Waals surface area contributed by atoms with Crippen molar-refractivity contribution in [1.29, 1.82) is 0 Å². The second-order valence-electron chi connectivity index (χ2n) is 7.13. The molecule has 0 atom stereocenters. The molecule has 1 aromatic heterocycles. The molecule has 2 N–H and O–H groups in total. The number of aromatic nitrogens is 2. The lowest BCUT2D eigenvalue weighted by Gasteiger charge is -2.17. The first-order valence-corrected chi connectivity index (χ1v) is 11.2. The number of fused-ring (bicyclic) bond motifs is 3. The van der Waals surface area contributed by atoms with Crippen molar-refractivity contribution in [2.45, 2.75) is 19.3 Å². The van der Waals surface area contributed by atoms with E-state index in [1.165, 1.54) is 16.7 Å². The Morgan fingerprint density at radius 3 is 2.79 bits per heavy atom. The van der Waals surface area contributed by atoms with Crippen LogP contribution < -0.4 is 10.1 Å². The lowest BCUT2D eigenvalue weighted by molar-refractivity contribution is 0.0954. The van der Waals surface area contributed by atoms with Gasteiger partial charge in [0, 0.05) is 28.8 Å². The van der Waals surface area contributed by atoms with Crippen LogP contribution in [0.4, 0.5) is 0 Å². The molecule has 1 aliphatic rings. The van der Waals surface area contributed by atoms with Crippen LogP contribution in [-0.2, 0) is 12.8 Å². The van der Waals surface area contributed by atoms with Crippen LogP contribution in [0.1, 0.15) is 27.9 Å². The Kier molecular flexibility index (Phi) is 5.90. The molecule has 0 radical (unpaired) electrons. The number of aryl methyl sites for hydroxylation is 1. The number of carbonyl (C=O) groups is 1. The Bertz CT molecular complexity index is 1010. The van der Waals surface area contributed by atoms with Crippen LogP contribution in [0.15, 0.2) is 42.5 Å². The number of carbonyl (C=O) groups excluding carboxylic acids is 1. The zero-order valence-electron chi connectivity index (χ0n) is 16.7. The van der Waals surface area contributed by atoms with Gasteiger partial charge in [-0.2, -0.15) is 16.9 Å². The fourth-order valence-electron chi connectivity index (χ4n) is 3.78. The van der Waals surface area contributed by atoms with E-state index in [2.05, 4.69) is 33.9 Å². The van der Waals surface area contributed by atoms with Crippen LogP contribution in [0.25, 0.3) is 22.5 Å². The molecular formula is C23H25N3O2S. The highest BCUT2D eigenvalue weighted by atomic mass is 32.2. The van der Waals surface area contributed by atoms with E-state index in [9.17, 15) is 4.79 Å². The highest BCUT2D eigenvalue weighted by Crippen LogP contribution is 2.38. The fourth-order valence-corrected chi connectivity index (χ4v) is 4.21. The number of aromatic amines is 1. The molecule has 0 bridgehead atoms. The number of ether oxygens (including phenoxy) is 1. The Labute approximate surface area is 175 Å². The number of nitrogens with one attached hydrogen (secondary N) is 2. The largest absolute Gasteiger partial charge is 0.497 e. The minimum absolute atomic E-state index is 0.0235. The van der Waals surface area contributed by atoms with Gasteiger partial charge in [0.1, 0.15) is 5.75 Å². The predicted octanol–water partition coefficient (Wildman–Crippen LogP) is 4.33. The summed E-state index contributed by atoms with van der Waals surface area (Å²) in [6.07, 6.45) is 4.95. The summed E-state index contributed by atoms with van der Waals surface area (Å²) in [5.41, 5.74) is 7.45. The van der Waals surface area contributed by atoms with Crippen molar-refractivity contribution in [2.24, 2.45) is 0 Å². The van der Waals surface area contributed by atoms with Crippen molar-refractivity contribution < 1.29 is 9.53 Å². The van der Waals surface area contributed by atoms with E-state index in [1.54, 1.807) is 18.9 Å². The molecule has 2 aromatic carbocycles. The third-order valence-corrected chi connectivity index (χ3v) is 6.02. The van der Waals surface area contributed by atoms with E-state index in [0.717, 1.165) is 47.7 Å². The zero-order chi connectivity index (χ0) is 20.2. The molecule has 6 heteroatoms.